The Kier molecular flexibility index (Phi) is 4.24. The molecule has 1 aromatic rings. The van der Waals surface area contributed by atoms with Gasteiger partial charge in [-0.1, -0.05) is 0 Å². The summed E-state index contributed by atoms with van der Waals surface area (Å²) in [6.07, 6.45) is 2.73. The van der Waals surface area contributed by atoms with E-state index in [1.165, 1.54) is 0 Å². The van der Waals surface area contributed by atoms with Gasteiger partial charge in [-0.3, -0.25) is 9.59 Å². The molecule has 1 atom stereocenters. The van der Waals surface area contributed by atoms with E-state index in [0.29, 0.717) is 18.7 Å². The molecule has 1 aliphatic rings. The molecule has 0 bridgehead atoms. The monoisotopic (exact) mass is 265 g/mol. The molecule has 1 aliphatic heterocycles. The Morgan fingerprint density at radius 3 is 2.89 bits per heavy atom. The molecular weight excluding hydrogens is 246 g/mol. The Balaban J connectivity index is 1.93. The van der Waals surface area contributed by atoms with Crippen LogP contribution in [0, 0.1) is 12.8 Å². The summed E-state index contributed by atoms with van der Waals surface area (Å²) in [4.78, 5) is 24.6. The number of carboxylic acid groups (broad SMARTS) is 1. The molecule has 0 aromatic carbocycles. The van der Waals surface area contributed by atoms with Gasteiger partial charge < -0.3 is 14.4 Å². The van der Waals surface area contributed by atoms with E-state index in [-0.39, 0.29) is 18.2 Å². The Labute approximate surface area is 112 Å². The first kappa shape index (κ1) is 13.6. The number of carbonyl (C=O) groups excluding carboxylic acids is 1. The van der Waals surface area contributed by atoms with Crippen molar-refractivity contribution >= 4 is 11.9 Å². The molecule has 1 fully saturated rings. The van der Waals surface area contributed by atoms with Crippen molar-refractivity contribution < 1.29 is 19.1 Å². The molecule has 5 nitrogen and oxygen atoms in total. The summed E-state index contributed by atoms with van der Waals surface area (Å²) in [7, 11) is 0. The van der Waals surface area contributed by atoms with Crippen molar-refractivity contribution in [1.29, 1.82) is 0 Å². The zero-order chi connectivity index (χ0) is 13.8. The maximum Gasteiger partial charge on any atom is 0.303 e. The summed E-state index contributed by atoms with van der Waals surface area (Å²) in [6.45, 7) is 3.16. The summed E-state index contributed by atoms with van der Waals surface area (Å²) >= 11 is 0. The number of carboxylic acids is 1. The van der Waals surface area contributed by atoms with Crippen LogP contribution in [0.4, 0.5) is 0 Å². The third kappa shape index (κ3) is 3.59. The fourth-order valence-electron chi connectivity index (χ4n) is 2.52. The zero-order valence-electron chi connectivity index (χ0n) is 11.1. The number of piperidine rings is 1. The van der Waals surface area contributed by atoms with Crippen LogP contribution in [-0.4, -0.2) is 35.0 Å². The minimum absolute atomic E-state index is 0.0897. The van der Waals surface area contributed by atoms with E-state index in [1.807, 2.05) is 6.92 Å². The van der Waals surface area contributed by atoms with Crippen molar-refractivity contribution in [2.75, 3.05) is 13.1 Å². The maximum atomic E-state index is 12.2. The molecule has 1 aromatic heterocycles. The van der Waals surface area contributed by atoms with Crippen molar-refractivity contribution in [3.63, 3.8) is 0 Å². The fourth-order valence-corrected chi connectivity index (χ4v) is 2.52. The second kappa shape index (κ2) is 5.91. The summed E-state index contributed by atoms with van der Waals surface area (Å²) < 4.78 is 5.35. The van der Waals surface area contributed by atoms with E-state index in [9.17, 15) is 9.59 Å². The highest BCUT2D eigenvalue weighted by Gasteiger charge is 2.26. The smallest absolute Gasteiger partial charge is 0.303 e. The van der Waals surface area contributed by atoms with Crippen LogP contribution in [-0.2, 0) is 4.79 Å². The largest absolute Gasteiger partial charge is 0.481 e. The van der Waals surface area contributed by atoms with Gasteiger partial charge in [-0.05, 0) is 44.2 Å². The Hall–Kier alpha value is -1.78. The first-order valence-electron chi connectivity index (χ1n) is 6.64. The molecule has 1 unspecified atom stereocenters. The van der Waals surface area contributed by atoms with Crippen LogP contribution in [0.25, 0.3) is 0 Å². The number of aryl methyl sites for hydroxylation is 1. The van der Waals surface area contributed by atoms with Crippen LogP contribution in [0.15, 0.2) is 16.5 Å². The fraction of sp³-hybridized carbons (Fsp3) is 0.571. The molecule has 1 saturated heterocycles. The highest BCUT2D eigenvalue weighted by atomic mass is 16.4. The molecule has 2 rings (SSSR count). The van der Waals surface area contributed by atoms with Crippen molar-refractivity contribution in [3.05, 3.63) is 23.7 Å². The second-order valence-electron chi connectivity index (χ2n) is 5.10. The van der Waals surface area contributed by atoms with Gasteiger partial charge >= 0.3 is 5.97 Å². The Morgan fingerprint density at radius 2 is 2.26 bits per heavy atom. The van der Waals surface area contributed by atoms with E-state index in [0.717, 1.165) is 25.1 Å². The van der Waals surface area contributed by atoms with Gasteiger partial charge in [0.15, 0.2) is 5.76 Å². The highest BCUT2D eigenvalue weighted by molar-refractivity contribution is 5.91. The number of aliphatic carboxylic acids is 1. The summed E-state index contributed by atoms with van der Waals surface area (Å²) in [5, 5.41) is 8.70. The number of furan rings is 1. The molecule has 0 aliphatic carbocycles. The van der Waals surface area contributed by atoms with Gasteiger partial charge in [0.05, 0.1) is 0 Å². The standard InChI is InChI=1S/C14H19NO4/c1-10-4-6-12(19-10)14(18)15-8-2-3-11(9-15)5-7-13(16)17/h4,6,11H,2-3,5,7-9H2,1H3,(H,16,17). The van der Waals surface area contributed by atoms with E-state index in [1.54, 1.807) is 17.0 Å². The second-order valence-corrected chi connectivity index (χ2v) is 5.10. The topological polar surface area (TPSA) is 70.8 Å². The van der Waals surface area contributed by atoms with Gasteiger partial charge in [0.1, 0.15) is 5.76 Å². The Bertz CT molecular complexity index is 466. The predicted molar refractivity (Wildman–Crippen MR) is 68.9 cm³/mol. The number of likely N-dealkylation sites (tertiary alicyclic amines) is 1. The van der Waals surface area contributed by atoms with E-state index in [4.69, 9.17) is 9.52 Å². The van der Waals surface area contributed by atoms with Crippen LogP contribution in [0.2, 0.25) is 0 Å². The number of hydrogen-bond donors (Lipinski definition) is 1. The zero-order valence-corrected chi connectivity index (χ0v) is 11.1. The lowest BCUT2D eigenvalue weighted by Gasteiger charge is -2.32. The molecule has 0 radical (unpaired) electrons. The van der Waals surface area contributed by atoms with Crippen molar-refractivity contribution in [3.8, 4) is 0 Å². The minimum atomic E-state index is -0.773. The summed E-state index contributed by atoms with van der Waals surface area (Å²) in [6, 6.07) is 3.47. The third-order valence-electron chi connectivity index (χ3n) is 3.52. The van der Waals surface area contributed by atoms with E-state index >= 15 is 0 Å². The van der Waals surface area contributed by atoms with E-state index < -0.39 is 5.97 Å². The molecular formula is C14H19NO4. The lowest BCUT2D eigenvalue weighted by Crippen LogP contribution is -2.39. The molecule has 0 saturated carbocycles. The molecule has 2 heterocycles. The quantitative estimate of drug-likeness (QED) is 0.906. The van der Waals surface area contributed by atoms with Gasteiger partial charge in [0, 0.05) is 19.5 Å². The number of hydrogen-bond acceptors (Lipinski definition) is 3. The third-order valence-corrected chi connectivity index (χ3v) is 3.52. The van der Waals surface area contributed by atoms with Crippen LogP contribution in [0.5, 0.6) is 0 Å². The van der Waals surface area contributed by atoms with E-state index in [2.05, 4.69) is 0 Å². The summed E-state index contributed by atoms with van der Waals surface area (Å²) in [5.41, 5.74) is 0. The summed E-state index contributed by atoms with van der Waals surface area (Å²) in [5.74, 6) is 0.516. The normalized spacial score (nSPS) is 19.4. The predicted octanol–water partition coefficient (Wildman–Crippen LogP) is 2.31. The number of rotatable bonds is 4. The number of nitrogens with zero attached hydrogens (tertiary/aromatic N) is 1. The van der Waals surface area contributed by atoms with Gasteiger partial charge in [-0.2, -0.15) is 0 Å². The minimum Gasteiger partial charge on any atom is -0.481 e. The first-order valence-corrected chi connectivity index (χ1v) is 6.64. The van der Waals surface area contributed by atoms with Crippen LogP contribution in [0.1, 0.15) is 42.0 Å². The maximum absolute atomic E-state index is 12.2. The SMILES string of the molecule is Cc1ccc(C(=O)N2CCCC(CCC(=O)O)C2)o1. The van der Waals surface area contributed by atoms with Gasteiger partial charge in [0.2, 0.25) is 0 Å². The average molecular weight is 265 g/mol. The molecule has 104 valence electrons. The van der Waals surface area contributed by atoms with Gasteiger partial charge in [0.25, 0.3) is 5.91 Å². The van der Waals surface area contributed by atoms with Crippen molar-refractivity contribution in [2.24, 2.45) is 5.92 Å². The van der Waals surface area contributed by atoms with Gasteiger partial charge in [-0.25, -0.2) is 0 Å². The molecule has 5 heteroatoms. The van der Waals surface area contributed by atoms with Crippen LogP contribution in [0.3, 0.4) is 0 Å². The Morgan fingerprint density at radius 1 is 1.47 bits per heavy atom. The van der Waals surface area contributed by atoms with Crippen molar-refractivity contribution in [2.45, 2.75) is 32.6 Å². The highest BCUT2D eigenvalue weighted by Crippen LogP contribution is 2.22. The number of carbonyl (C=O) groups is 2. The molecule has 1 amide bonds. The average Bonchev–Trinajstić information content (AvgIpc) is 2.82. The lowest BCUT2D eigenvalue weighted by molar-refractivity contribution is -0.137. The van der Waals surface area contributed by atoms with Crippen molar-refractivity contribution in [1.82, 2.24) is 4.90 Å². The first-order chi connectivity index (χ1) is 9.06. The van der Waals surface area contributed by atoms with Gasteiger partial charge in [-0.15, -0.1) is 0 Å². The van der Waals surface area contributed by atoms with Crippen LogP contribution < -0.4 is 0 Å². The van der Waals surface area contributed by atoms with Crippen LogP contribution >= 0.6 is 0 Å². The molecule has 0 spiro atoms. The molecule has 1 N–H and O–H groups in total. The lowest BCUT2D eigenvalue weighted by atomic mass is 9.93. The number of amides is 1. The molecule has 19 heavy (non-hydrogen) atoms.